The first kappa shape index (κ1) is 19.9. The largest absolute Gasteiger partial charge is 0.395 e. The highest BCUT2D eigenvalue weighted by Gasteiger charge is 2.12. The average Bonchev–Trinajstić information content (AvgIpc) is 2.35. The minimum atomic E-state index is 0.232. The SMILES string of the molecule is CC(C)CCN(CCC(C)C)CCC(CO)NC(C)C. The van der Waals surface area contributed by atoms with Crippen LogP contribution in [0.2, 0.25) is 0 Å². The highest BCUT2D eigenvalue weighted by atomic mass is 16.3. The van der Waals surface area contributed by atoms with E-state index in [4.69, 9.17) is 0 Å². The standard InChI is InChI=1S/C17H38N2O/c1-14(2)7-10-19(11-8-15(3)4)12-9-17(13-20)18-16(5)6/h14-18,20H,7-13H2,1-6H3. The van der Waals surface area contributed by atoms with E-state index < -0.39 is 0 Å². The first-order valence-corrected chi connectivity index (χ1v) is 8.44. The van der Waals surface area contributed by atoms with Crippen molar-refractivity contribution >= 4 is 0 Å². The molecule has 0 aromatic heterocycles. The zero-order valence-electron chi connectivity index (χ0n) is 14.7. The monoisotopic (exact) mass is 286 g/mol. The predicted octanol–water partition coefficient (Wildman–Crippen LogP) is 3.13. The second kappa shape index (κ2) is 11.5. The van der Waals surface area contributed by atoms with Crippen molar-refractivity contribution in [1.82, 2.24) is 10.2 Å². The Balaban J connectivity index is 4.16. The lowest BCUT2D eigenvalue weighted by atomic mass is 10.1. The Morgan fingerprint density at radius 2 is 1.25 bits per heavy atom. The molecule has 1 unspecified atom stereocenters. The van der Waals surface area contributed by atoms with Crippen molar-refractivity contribution < 1.29 is 5.11 Å². The first-order valence-electron chi connectivity index (χ1n) is 8.44. The van der Waals surface area contributed by atoms with Gasteiger partial charge in [-0.05, 0) is 50.7 Å². The quantitative estimate of drug-likeness (QED) is 0.578. The number of nitrogens with one attached hydrogen (secondary N) is 1. The fourth-order valence-corrected chi connectivity index (χ4v) is 2.25. The molecule has 0 aromatic rings. The molecule has 0 saturated heterocycles. The minimum absolute atomic E-state index is 0.232. The third-order valence-corrected chi connectivity index (χ3v) is 3.63. The van der Waals surface area contributed by atoms with E-state index in [9.17, 15) is 5.11 Å². The van der Waals surface area contributed by atoms with E-state index in [0.717, 1.165) is 24.8 Å². The van der Waals surface area contributed by atoms with Crippen LogP contribution < -0.4 is 5.32 Å². The van der Waals surface area contributed by atoms with Gasteiger partial charge >= 0.3 is 0 Å². The Morgan fingerprint density at radius 3 is 1.60 bits per heavy atom. The van der Waals surface area contributed by atoms with Crippen LogP contribution in [0.5, 0.6) is 0 Å². The third-order valence-electron chi connectivity index (χ3n) is 3.63. The van der Waals surface area contributed by atoms with E-state index in [1.165, 1.54) is 25.9 Å². The summed E-state index contributed by atoms with van der Waals surface area (Å²) >= 11 is 0. The van der Waals surface area contributed by atoms with Gasteiger partial charge in [-0.15, -0.1) is 0 Å². The summed E-state index contributed by atoms with van der Waals surface area (Å²) in [7, 11) is 0. The molecular weight excluding hydrogens is 248 g/mol. The van der Waals surface area contributed by atoms with Gasteiger partial charge in [0.1, 0.15) is 0 Å². The van der Waals surface area contributed by atoms with E-state index in [1.807, 2.05) is 0 Å². The second-order valence-electron chi connectivity index (χ2n) is 7.20. The van der Waals surface area contributed by atoms with E-state index in [-0.39, 0.29) is 12.6 Å². The summed E-state index contributed by atoms with van der Waals surface area (Å²) < 4.78 is 0. The van der Waals surface area contributed by atoms with Crippen molar-refractivity contribution in [3.63, 3.8) is 0 Å². The van der Waals surface area contributed by atoms with Crippen LogP contribution in [0.15, 0.2) is 0 Å². The number of nitrogens with zero attached hydrogens (tertiary/aromatic N) is 1. The van der Waals surface area contributed by atoms with Crippen molar-refractivity contribution in [3.05, 3.63) is 0 Å². The fraction of sp³-hybridized carbons (Fsp3) is 1.00. The maximum Gasteiger partial charge on any atom is 0.0585 e. The second-order valence-corrected chi connectivity index (χ2v) is 7.20. The van der Waals surface area contributed by atoms with Gasteiger partial charge in [-0.1, -0.05) is 41.5 Å². The lowest BCUT2D eigenvalue weighted by molar-refractivity contribution is 0.191. The molecule has 0 bridgehead atoms. The van der Waals surface area contributed by atoms with Crippen LogP contribution >= 0.6 is 0 Å². The number of rotatable bonds is 12. The van der Waals surface area contributed by atoms with Gasteiger partial charge in [0, 0.05) is 12.1 Å². The summed E-state index contributed by atoms with van der Waals surface area (Å²) in [6.07, 6.45) is 3.56. The molecule has 0 fully saturated rings. The topological polar surface area (TPSA) is 35.5 Å². The summed E-state index contributed by atoms with van der Waals surface area (Å²) in [5, 5.41) is 12.9. The van der Waals surface area contributed by atoms with Crippen molar-refractivity contribution in [1.29, 1.82) is 0 Å². The van der Waals surface area contributed by atoms with Gasteiger partial charge in [-0.25, -0.2) is 0 Å². The Labute approximate surface area is 127 Å². The number of hydrogen-bond acceptors (Lipinski definition) is 3. The van der Waals surface area contributed by atoms with Gasteiger partial charge in [0.15, 0.2) is 0 Å². The van der Waals surface area contributed by atoms with Crippen LogP contribution in [0.4, 0.5) is 0 Å². The Hall–Kier alpha value is -0.120. The minimum Gasteiger partial charge on any atom is -0.395 e. The maximum atomic E-state index is 9.44. The van der Waals surface area contributed by atoms with Gasteiger partial charge in [-0.2, -0.15) is 0 Å². The lowest BCUT2D eigenvalue weighted by Gasteiger charge is -2.27. The van der Waals surface area contributed by atoms with Gasteiger partial charge in [-0.3, -0.25) is 0 Å². The maximum absolute atomic E-state index is 9.44. The molecule has 0 rings (SSSR count). The molecule has 0 heterocycles. The highest BCUT2D eigenvalue weighted by molar-refractivity contribution is 4.71. The average molecular weight is 287 g/mol. The molecule has 0 spiro atoms. The summed E-state index contributed by atoms with van der Waals surface area (Å²) in [6.45, 7) is 17.1. The molecule has 0 saturated carbocycles. The van der Waals surface area contributed by atoms with Gasteiger partial charge in [0.25, 0.3) is 0 Å². The van der Waals surface area contributed by atoms with Crippen LogP contribution in [0, 0.1) is 11.8 Å². The van der Waals surface area contributed by atoms with E-state index in [1.54, 1.807) is 0 Å². The molecule has 0 aliphatic carbocycles. The smallest absolute Gasteiger partial charge is 0.0585 e. The zero-order valence-corrected chi connectivity index (χ0v) is 14.7. The zero-order chi connectivity index (χ0) is 15.5. The summed E-state index contributed by atoms with van der Waals surface area (Å²) in [4.78, 5) is 2.57. The van der Waals surface area contributed by atoms with Gasteiger partial charge in [0.2, 0.25) is 0 Å². The summed E-state index contributed by atoms with van der Waals surface area (Å²) in [5.74, 6) is 1.53. The van der Waals surface area contributed by atoms with E-state index in [2.05, 4.69) is 51.8 Å². The van der Waals surface area contributed by atoms with E-state index >= 15 is 0 Å². The van der Waals surface area contributed by atoms with Crippen LogP contribution in [-0.2, 0) is 0 Å². The molecule has 0 amide bonds. The molecule has 0 aliphatic rings. The Morgan fingerprint density at radius 1 is 0.800 bits per heavy atom. The molecule has 0 aromatic carbocycles. The summed E-state index contributed by atoms with van der Waals surface area (Å²) in [5.41, 5.74) is 0. The van der Waals surface area contributed by atoms with Crippen molar-refractivity contribution in [2.45, 2.75) is 72.9 Å². The van der Waals surface area contributed by atoms with Crippen molar-refractivity contribution in [3.8, 4) is 0 Å². The molecular formula is C17H38N2O. The van der Waals surface area contributed by atoms with Gasteiger partial charge < -0.3 is 15.3 Å². The van der Waals surface area contributed by atoms with Gasteiger partial charge in [0.05, 0.1) is 6.61 Å². The molecule has 2 N–H and O–H groups in total. The summed E-state index contributed by atoms with van der Waals surface area (Å²) in [6, 6.07) is 0.669. The van der Waals surface area contributed by atoms with Crippen LogP contribution in [0.3, 0.4) is 0 Å². The normalized spacial score (nSPS) is 13.9. The predicted molar refractivity (Wildman–Crippen MR) is 89.1 cm³/mol. The van der Waals surface area contributed by atoms with E-state index in [0.29, 0.717) is 6.04 Å². The van der Waals surface area contributed by atoms with Crippen molar-refractivity contribution in [2.75, 3.05) is 26.2 Å². The van der Waals surface area contributed by atoms with Crippen molar-refractivity contribution in [2.24, 2.45) is 11.8 Å². The molecule has 0 radical (unpaired) electrons. The lowest BCUT2D eigenvalue weighted by Crippen LogP contribution is -2.40. The Bertz CT molecular complexity index is 205. The Kier molecular flexibility index (Phi) is 11.5. The number of aliphatic hydroxyl groups is 1. The first-order chi connectivity index (χ1) is 9.35. The molecule has 3 nitrogen and oxygen atoms in total. The molecule has 1 atom stereocenters. The van der Waals surface area contributed by atoms with Crippen LogP contribution in [-0.4, -0.2) is 48.3 Å². The van der Waals surface area contributed by atoms with Crippen LogP contribution in [0.25, 0.3) is 0 Å². The number of hydrogen-bond donors (Lipinski definition) is 2. The number of aliphatic hydroxyl groups excluding tert-OH is 1. The molecule has 3 heteroatoms. The molecule has 122 valence electrons. The highest BCUT2D eigenvalue weighted by Crippen LogP contribution is 2.08. The third kappa shape index (κ3) is 11.7. The van der Waals surface area contributed by atoms with Crippen LogP contribution in [0.1, 0.15) is 60.8 Å². The fourth-order valence-electron chi connectivity index (χ4n) is 2.25. The molecule has 0 aliphatic heterocycles. The molecule has 20 heavy (non-hydrogen) atoms.